The molecule has 0 aliphatic heterocycles. The van der Waals surface area contributed by atoms with Gasteiger partial charge in [0.2, 0.25) is 0 Å². The van der Waals surface area contributed by atoms with E-state index in [9.17, 15) is 9.90 Å². The normalized spacial score (nSPS) is 10.0. The van der Waals surface area contributed by atoms with E-state index in [4.69, 9.17) is 4.74 Å². The lowest BCUT2D eigenvalue weighted by Crippen LogP contribution is -2.13. The number of anilines is 2. The third kappa shape index (κ3) is 3.45. The molecule has 0 fully saturated rings. The summed E-state index contributed by atoms with van der Waals surface area (Å²) in [5.74, 6) is 0.0175. The Kier molecular flexibility index (Phi) is 4.33. The molecular formula is C16H18N2O3. The van der Waals surface area contributed by atoms with E-state index in [1.54, 1.807) is 6.07 Å². The number of methoxy groups -OCH3 is 1. The van der Waals surface area contributed by atoms with Gasteiger partial charge in [0.05, 0.1) is 12.7 Å². The maximum Gasteiger partial charge on any atom is 0.259 e. The molecule has 1 amide bonds. The van der Waals surface area contributed by atoms with Crippen molar-refractivity contribution in [1.82, 2.24) is 0 Å². The number of carbonyl (C=O) groups excluding carboxylic acids is 1. The van der Waals surface area contributed by atoms with E-state index < -0.39 is 0 Å². The fraction of sp³-hybridized carbons (Fsp3) is 0.188. The van der Waals surface area contributed by atoms with Crippen LogP contribution in [0.2, 0.25) is 0 Å². The maximum absolute atomic E-state index is 12.1. The van der Waals surface area contributed by atoms with Crippen molar-refractivity contribution in [1.29, 1.82) is 0 Å². The average molecular weight is 286 g/mol. The third-order valence-electron chi connectivity index (χ3n) is 3.09. The number of hydrogen-bond donors (Lipinski definition) is 2. The fourth-order valence-electron chi connectivity index (χ4n) is 1.87. The summed E-state index contributed by atoms with van der Waals surface area (Å²) in [6, 6.07) is 12.0. The largest absolute Gasteiger partial charge is 0.507 e. The van der Waals surface area contributed by atoms with Gasteiger partial charge < -0.3 is 20.1 Å². The Labute approximate surface area is 123 Å². The Morgan fingerprint density at radius 3 is 2.33 bits per heavy atom. The average Bonchev–Trinajstić information content (AvgIpc) is 2.47. The number of nitrogens with one attached hydrogen (secondary N) is 1. The van der Waals surface area contributed by atoms with E-state index in [-0.39, 0.29) is 17.2 Å². The van der Waals surface area contributed by atoms with Crippen LogP contribution in [-0.4, -0.2) is 32.2 Å². The summed E-state index contributed by atoms with van der Waals surface area (Å²) in [4.78, 5) is 14.1. The molecule has 2 aromatic carbocycles. The minimum absolute atomic E-state index is 0.114. The molecule has 0 aliphatic carbocycles. The van der Waals surface area contributed by atoms with Crippen molar-refractivity contribution in [3.05, 3.63) is 48.0 Å². The van der Waals surface area contributed by atoms with Crippen LogP contribution in [0.4, 0.5) is 11.4 Å². The second-order valence-electron chi connectivity index (χ2n) is 4.78. The van der Waals surface area contributed by atoms with Gasteiger partial charge in [-0.2, -0.15) is 0 Å². The maximum atomic E-state index is 12.1. The predicted octanol–water partition coefficient (Wildman–Crippen LogP) is 2.72. The Hall–Kier alpha value is -2.69. The number of rotatable bonds is 4. The molecule has 0 aromatic heterocycles. The highest BCUT2D eigenvalue weighted by molar-refractivity contribution is 6.06. The Balaban J connectivity index is 2.14. The number of phenolic OH excluding ortho intramolecular Hbond substituents is 1. The van der Waals surface area contributed by atoms with Crippen LogP contribution in [0.15, 0.2) is 42.5 Å². The fourth-order valence-corrected chi connectivity index (χ4v) is 1.87. The Morgan fingerprint density at radius 2 is 1.81 bits per heavy atom. The first-order chi connectivity index (χ1) is 10.0. The molecule has 2 rings (SSSR count). The number of aromatic hydroxyl groups is 1. The monoisotopic (exact) mass is 286 g/mol. The molecule has 2 aromatic rings. The van der Waals surface area contributed by atoms with Crippen molar-refractivity contribution in [2.45, 2.75) is 0 Å². The smallest absolute Gasteiger partial charge is 0.259 e. The van der Waals surface area contributed by atoms with Gasteiger partial charge in [-0.3, -0.25) is 4.79 Å². The first-order valence-corrected chi connectivity index (χ1v) is 6.47. The molecule has 0 spiro atoms. The van der Waals surface area contributed by atoms with Gasteiger partial charge in [-0.15, -0.1) is 0 Å². The Bertz CT molecular complexity index is 636. The highest BCUT2D eigenvalue weighted by Crippen LogP contribution is 2.24. The molecule has 0 unspecified atom stereocenters. The summed E-state index contributed by atoms with van der Waals surface area (Å²) >= 11 is 0. The summed E-state index contributed by atoms with van der Waals surface area (Å²) in [6.07, 6.45) is 0. The van der Waals surface area contributed by atoms with Crippen LogP contribution in [0.1, 0.15) is 10.4 Å². The molecule has 0 radical (unpaired) electrons. The Morgan fingerprint density at radius 1 is 1.14 bits per heavy atom. The van der Waals surface area contributed by atoms with Gasteiger partial charge in [0, 0.05) is 31.5 Å². The molecule has 0 heterocycles. The quantitative estimate of drug-likeness (QED) is 0.907. The lowest BCUT2D eigenvalue weighted by molar-refractivity contribution is 0.102. The summed E-state index contributed by atoms with van der Waals surface area (Å²) in [6.45, 7) is 0. The highest BCUT2D eigenvalue weighted by atomic mass is 16.5. The van der Waals surface area contributed by atoms with E-state index in [2.05, 4.69) is 5.32 Å². The first kappa shape index (κ1) is 14.7. The van der Waals surface area contributed by atoms with Gasteiger partial charge >= 0.3 is 0 Å². The zero-order valence-corrected chi connectivity index (χ0v) is 12.3. The second-order valence-corrected chi connectivity index (χ2v) is 4.78. The lowest BCUT2D eigenvalue weighted by Gasteiger charge is -2.13. The highest BCUT2D eigenvalue weighted by Gasteiger charge is 2.12. The van der Waals surface area contributed by atoms with Crippen molar-refractivity contribution in [2.24, 2.45) is 0 Å². The molecule has 2 N–H and O–H groups in total. The number of phenols is 1. The van der Waals surface area contributed by atoms with Crippen LogP contribution in [0, 0.1) is 0 Å². The lowest BCUT2D eigenvalue weighted by atomic mass is 10.1. The van der Waals surface area contributed by atoms with Crippen LogP contribution in [0.25, 0.3) is 0 Å². The van der Waals surface area contributed by atoms with E-state index in [0.29, 0.717) is 11.4 Å². The van der Waals surface area contributed by atoms with E-state index in [0.717, 1.165) is 5.69 Å². The minimum Gasteiger partial charge on any atom is -0.507 e. The van der Waals surface area contributed by atoms with Crippen LogP contribution >= 0.6 is 0 Å². The van der Waals surface area contributed by atoms with Crippen molar-refractivity contribution < 1.29 is 14.6 Å². The standard InChI is InChI=1S/C16H18N2O3/c1-18(2)12-6-4-11(5-7-12)17-16(20)14-9-8-13(21-3)10-15(14)19/h4-10,19H,1-3H3,(H,17,20). The number of ether oxygens (including phenoxy) is 1. The van der Waals surface area contributed by atoms with Crippen molar-refractivity contribution in [3.63, 3.8) is 0 Å². The second kappa shape index (κ2) is 6.17. The number of carbonyl (C=O) groups is 1. The summed E-state index contributed by atoms with van der Waals surface area (Å²) in [5, 5.41) is 12.6. The SMILES string of the molecule is COc1ccc(C(=O)Nc2ccc(N(C)C)cc2)c(O)c1. The summed E-state index contributed by atoms with van der Waals surface area (Å²) in [7, 11) is 5.40. The molecule has 0 atom stereocenters. The summed E-state index contributed by atoms with van der Waals surface area (Å²) < 4.78 is 4.99. The molecule has 0 saturated carbocycles. The number of amides is 1. The van der Waals surface area contributed by atoms with Crippen molar-refractivity contribution in [3.8, 4) is 11.5 Å². The molecule has 5 heteroatoms. The van der Waals surface area contributed by atoms with E-state index in [1.807, 2.05) is 43.3 Å². The van der Waals surface area contributed by atoms with Crippen molar-refractivity contribution in [2.75, 3.05) is 31.4 Å². The van der Waals surface area contributed by atoms with Gasteiger partial charge in [0.25, 0.3) is 5.91 Å². The number of hydrogen-bond acceptors (Lipinski definition) is 4. The van der Waals surface area contributed by atoms with Crippen LogP contribution < -0.4 is 15.0 Å². The van der Waals surface area contributed by atoms with Gasteiger partial charge in [-0.25, -0.2) is 0 Å². The molecule has 110 valence electrons. The molecule has 0 aliphatic rings. The summed E-state index contributed by atoms with van der Waals surface area (Å²) in [5.41, 5.74) is 1.91. The molecule has 0 bridgehead atoms. The van der Waals surface area contributed by atoms with Gasteiger partial charge in [0.15, 0.2) is 0 Å². The zero-order valence-electron chi connectivity index (χ0n) is 12.3. The molecule has 21 heavy (non-hydrogen) atoms. The molecule has 0 saturated heterocycles. The number of nitrogens with zero attached hydrogens (tertiary/aromatic N) is 1. The van der Waals surface area contributed by atoms with Crippen LogP contribution in [0.5, 0.6) is 11.5 Å². The van der Waals surface area contributed by atoms with Crippen LogP contribution in [0.3, 0.4) is 0 Å². The van der Waals surface area contributed by atoms with Gasteiger partial charge in [-0.1, -0.05) is 0 Å². The van der Waals surface area contributed by atoms with Gasteiger partial charge in [0.1, 0.15) is 11.5 Å². The van der Waals surface area contributed by atoms with Crippen LogP contribution in [-0.2, 0) is 0 Å². The molecular weight excluding hydrogens is 268 g/mol. The van der Waals surface area contributed by atoms with E-state index in [1.165, 1.54) is 19.2 Å². The van der Waals surface area contributed by atoms with E-state index >= 15 is 0 Å². The third-order valence-corrected chi connectivity index (χ3v) is 3.09. The first-order valence-electron chi connectivity index (χ1n) is 6.47. The predicted molar refractivity (Wildman–Crippen MR) is 83.4 cm³/mol. The molecule has 5 nitrogen and oxygen atoms in total. The zero-order chi connectivity index (χ0) is 15.4. The topological polar surface area (TPSA) is 61.8 Å². The number of benzene rings is 2. The van der Waals surface area contributed by atoms with Crippen molar-refractivity contribution >= 4 is 17.3 Å². The minimum atomic E-state index is -0.368. The van der Waals surface area contributed by atoms with Gasteiger partial charge in [-0.05, 0) is 36.4 Å².